The summed E-state index contributed by atoms with van der Waals surface area (Å²) < 4.78 is 10.4. The number of carbonyl (C=O) groups is 3. The summed E-state index contributed by atoms with van der Waals surface area (Å²) in [6.45, 7) is 1.67. The molecule has 13 heteroatoms. The standard InChI is InChI=1S/C21H22N4O6S3/c1-11-23-24-21(31-11)33-9-13-8-32-19-14(18(27)25(19)15(13)20(28)29)22-17(26)16(34-10-30-2)12-6-4-3-5-7-12/h3-7,14,16,19H,8-10H2,1-2H3,(H,22,26)(H,28,29)/t14-,16?,19?/m0/s1. The maximum absolute atomic E-state index is 13.1. The summed E-state index contributed by atoms with van der Waals surface area (Å²) in [5, 5.41) is 19.6. The Bertz CT molecular complexity index is 1110. The van der Waals surface area contributed by atoms with E-state index in [1.165, 1.54) is 40.2 Å². The van der Waals surface area contributed by atoms with Crippen LogP contribution in [0.1, 0.15) is 16.7 Å². The van der Waals surface area contributed by atoms with Crippen LogP contribution in [0.15, 0.2) is 51.2 Å². The van der Waals surface area contributed by atoms with Crippen molar-refractivity contribution >= 4 is 53.1 Å². The zero-order chi connectivity index (χ0) is 24.2. The first kappa shape index (κ1) is 24.6. The fourth-order valence-corrected chi connectivity index (χ4v) is 6.73. The second-order valence-corrected chi connectivity index (χ2v) is 10.5. The zero-order valence-corrected chi connectivity index (χ0v) is 20.7. The minimum absolute atomic E-state index is 0.0450. The molecule has 10 nitrogen and oxygen atoms in total. The number of nitrogens with zero attached hydrogens (tertiary/aromatic N) is 3. The summed E-state index contributed by atoms with van der Waals surface area (Å²) in [6.07, 6.45) is 0. The smallest absolute Gasteiger partial charge is 0.352 e. The number of aryl methyl sites for hydroxylation is 1. The van der Waals surface area contributed by atoms with Gasteiger partial charge in [-0.3, -0.25) is 14.5 Å². The molecule has 0 spiro atoms. The lowest BCUT2D eigenvalue weighted by Crippen LogP contribution is -2.70. The molecule has 2 aliphatic heterocycles. The predicted octanol–water partition coefficient (Wildman–Crippen LogP) is 2.29. The molecule has 2 aromatic rings. The highest BCUT2D eigenvalue weighted by Crippen LogP contribution is 2.42. The number of aliphatic carboxylic acids is 1. The minimum Gasteiger partial charge on any atom is -0.477 e. The zero-order valence-electron chi connectivity index (χ0n) is 18.3. The van der Waals surface area contributed by atoms with E-state index in [2.05, 4.69) is 15.5 Å². The molecule has 0 bridgehead atoms. The number of methoxy groups -OCH3 is 1. The first-order chi connectivity index (χ1) is 16.4. The van der Waals surface area contributed by atoms with Gasteiger partial charge in [0.25, 0.3) is 11.1 Å². The molecule has 3 heterocycles. The average molecular weight is 523 g/mol. The fraction of sp³-hybridized carbons (Fsp3) is 0.381. The van der Waals surface area contributed by atoms with Crippen LogP contribution in [0.2, 0.25) is 0 Å². The number of aromatic nitrogens is 2. The van der Waals surface area contributed by atoms with E-state index in [-0.39, 0.29) is 11.6 Å². The Kier molecular flexibility index (Phi) is 7.86. The van der Waals surface area contributed by atoms with Crippen molar-refractivity contribution < 1.29 is 28.6 Å². The van der Waals surface area contributed by atoms with Crippen molar-refractivity contribution in [2.45, 2.75) is 28.8 Å². The van der Waals surface area contributed by atoms with Crippen LogP contribution in [0.5, 0.6) is 0 Å². The van der Waals surface area contributed by atoms with E-state index in [0.29, 0.717) is 34.1 Å². The van der Waals surface area contributed by atoms with Crippen molar-refractivity contribution in [1.82, 2.24) is 20.4 Å². The van der Waals surface area contributed by atoms with Gasteiger partial charge in [0.05, 0.1) is 5.94 Å². The molecule has 0 aliphatic carbocycles. The number of β-lactam (4-membered cyclic amide) rings is 1. The Morgan fingerprint density at radius 2 is 2.12 bits per heavy atom. The first-order valence-corrected chi connectivity index (χ1v) is 13.3. The van der Waals surface area contributed by atoms with E-state index in [1.54, 1.807) is 14.0 Å². The van der Waals surface area contributed by atoms with Gasteiger partial charge in [0.15, 0.2) is 0 Å². The van der Waals surface area contributed by atoms with Gasteiger partial charge in [-0.25, -0.2) is 4.79 Å². The second kappa shape index (κ2) is 10.8. The normalized spacial score (nSPS) is 20.5. The maximum Gasteiger partial charge on any atom is 0.352 e. The van der Waals surface area contributed by atoms with Crippen molar-refractivity contribution in [3.8, 4) is 0 Å². The summed E-state index contributed by atoms with van der Waals surface area (Å²) in [7, 11) is 1.55. The Morgan fingerprint density at radius 1 is 1.35 bits per heavy atom. The molecule has 2 unspecified atom stereocenters. The molecule has 2 aliphatic rings. The number of hydrogen-bond acceptors (Lipinski definition) is 10. The van der Waals surface area contributed by atoms with Crippen LogP contribution in [0.4, 0.5) is 0 Å². The highest BCUT2D eigenvalue weighted by atomic mass is 32.2. The van der Waals surface area contributed by atoms with Crippen LogP contribution in [0.25, 0.3) is 0 Å². The van der Waals surface area contributed by atoms with E-state index in [0.717, 1.165) is 5.56 Å². The number of nitrogens with one attached hydrogen (secondary N) is 1. The Hall–Kier alpha value is -2.48. The van der Waals surface area contributed by atoms with Gasteiger partial charge in [-0.2, -0.15) is 0 Å². The van der Waals surface area contributed by atoms with Gasteiger partial charge in [-0.05, 0) is 11.1 Å². The molecule has 2 N–H and O–H groups in total. The quantitative estimate of drug-likeness (QED) is 0.270. The Balaban J connectivity index is 1.47. The maximum atomic E-state index is 13.1. The van der Waals surface area contributed by atoms with Gasteiger partial charge in [0.1, 0.15) is 22.4 Å². The number of fused-ring (bicyclic) bond motifs is 1. The van der Waals surface area contributed by atoms with Crippen molar-refractivity contribution in [2.24, 2.45) is 0 Å². The van der Waals surface area contributed by atoms with Gasteiger partial charge in [0.2, 0.25) is 11.8 Å². The van der Waals surface area contributed by atoms with Crippen LogP contribution in [-0.2, 0) is 19.1 Å². The molecule has 1 aromatic carbocycles. The molecule has 3 atom stereocenters. The molecular weight excluding hydrogens is 500 g/mol. The van der Waals surface area contributed by atoms with E-state index in [4.69, 9.17) is 9.15 Å². The van der Waals surface area contributed by atoms with E-state index in [9.17, 15) is 19.5 Å². The fourth-order valence-electron chi connectivity index (χ4n) is 3.60. The lowest BCUT2D eigenvalue weighted by atomic mass is 10.0. The SMILES string of the molecule is COCSC(C(=O)N[C@H]1C(=O)N2C(C(=O)O)=C(CSc3nnc(C)o3)CSC12)c1ccccc1. The minimum atomic E-state index is -1.18. The van der Waals surface area contributed by atoms with Gasteiger partial charge in [-0.1, -0.05) is 42.1 Å². The van der Waals surface area contributed by atoms with Crippen molar-refractivity contribution in [1.29, 1.82) is 0 Å². The van der Waals surface area contributed by atoms with Gasteiger partial charge in [0, 0.05) is 25.5 Å². The number of benzene rings is 1. The summed E-state index contributed by atoms with van der Waals surface area (Å²) in [6, 6.07) is 8.44. The molecule has 180 valence electrons. The summed E-state index contributed by atoms with van der Waals surface area (Å²) in [5.74, 6) is -0.511. The first-order valence-electron chi connectivity index (χ1n) is 10.2. The third-order valence-corrected chi connectivity index (χ3v) is 8.55. The van der Waals surface area contributed by atoms with Gasteiger partial charge < -0.3 is 19.6 Å². The molecule has 0 radical (unpaired) electrons. The molecule has 4 rings (SSSR count). The number of carbonyl (C=O) groups excluding carboxylic acids is 2. The summed E-state index contributed by atoms with van der Waals surface area (Å²) >= 11 is 3.95. The molecule has 2 amide bonds. The van der Waals surface area contributed by atoms with Gasteiger partial charge >= 0.3 is 5.97 Å². The summed E-state index contributed by atoms with van der Waals surface area (Å²) in [5.41, 5.74) is 1.34. The second-order valence-electron chi connectivity index (χ2n) is 7.39. The van der Waals surface area contributed by atoms with E-state index < -0.39 is 28.5 Å². The number of thioether (sulfide) groups is 3. The Morgan fingerprint density at radius 3 is 2.76 bits per heavy atom. The molecule has 34 heavy (non-hydrogen) atoms. The van der Waals surface area contributed by atoms with E-state index in [1.807, 2.05) is 30.3 Å². The average Bonchev–Trinajstić information content (AvgIpc) is 3.26. The topological polar surface area (TPSA) is 135 Å². The predicted molar refractivity (Wildman–Crippen MR) is 128 cm³/mol. The van der Waals surface area contributed by atoms with Crippen molar-refractivity contribution in [3.05, 3.63) is 53.1 Å². The monoisotopic (exact) mass is 522 g/mol. The highest BCUT2D eigenvalue weighted by Gasteiger charge is 2.54. The number of amides is 2. The third-order valence-electron chi connectivity index (χ3n) is 5.12. The number of hydrogen-bond donors (Lipinski definition) is 2. The van der Waals surface area contributed by atoms with Crippen LogP contribution in [0.3, 0.4) is 0 Å². The molecule has 1 fully saturated rings. The molecular formula is C21H22N4O6S3. The molecule has 0 saturated carbocycles. The van der Waals surface area contributed by atoms with Crippen LogP contribution >= 0.6 is 35.3 Å². The Labute approximate surface area is 208 Å². The van der Waals surface area contributed by atoms with Crippen LogP contribution in [0, 0.1) is 6.92 Å². The summed E-state index contributed by atoms with van der Waals surface area (Å²) in [4.78, 5) is 39.3. The number of ether oxygens (including phenoxy) is 1. The van der Waals surface area contributed by atoms with Crippen LogP contribution in [-0.4, -0.2) is 74.0 Å². The third kappa shape index (κ3) is 5.11. The lowest BCUT2D eigenvalue weighted by Gasteiger charge is -2.49. The van der Waals surface area contributed by atoms with Crippen LogP contribution < -0.4 is 5.32 Å². The van der Waals surface area contributed by atoms with Crippen molar-refractivity contribution in [2.75, 3.05) is 24.6 Å². The lowest BCUT2D eigenvalue weighted by molar-refractivity contribution is -0.150. The number of carboxylic acid groups (broad SMARTS) is 1. The number of carboxylic acids is 1. The molecule has 1 aromatic heterocycles. The highest BCUT2D eigenvalue weighted by molar-refractivity contribution is 8.01. The largest absolute Gasteiger partial charge is 0.477 e. The number of rotatable bonds is 10. The van der Waals surface area contributed by atoms with Gasteiger partial charge in [-0.15, -0.1) is 33.7 Å². The molecule has 1 saturated heterocycles. The van der Waals surface area contributed by atoms with E-state index >= 15 is 0 Å². The van der Waals surface area contributed by atoms with Crippen molar-refractivity contribution in [3.63, 3.8) is 0 Å².